The van der Waals surface area contributed by atoms with Gasteiger partial charge in [-0.05, 0) is 89.6 Å². The molecule has 2 N–H and O–H groups in total. The Morgan fingerprint density at radius 3 is 2.44 bits per heavy atom. The third-order valence-electron chi connectivity index (χ3n) is 11.7. The van der Waals surface area contributed by atoms with E-state index in [1.165, 1.54) is 16.7 Å². The predicted molar refractivity (Wildman–Crippen MR) is 287 cm³/mol. The van der Waals surface area contributed by atoms with Crippen molar-refractivity contribution in [3.05, 3.63) is 283 Å². The summed E-state index contributed by atoms with van der Waals surface area (Å²) in [7, 11) is 0. The first-order valence-corrected chi connectivity index (χ1v) is 23.0. The fraction of sp³-hybridized carbons (Fsp3) is 0.156. The standard InChI is InChI=1S/C64H63NO/c1-6-10-11-15-30-51(31-17-13-19-33-53(54-34-20-14-21-35-54)32-18-12-16-29-50(9-4)26-7-2)41-42-52-43-44-56(47-52)57-45-46-62(65)61(48-57)58-38-23-22-36-55(58)37-25-39-59-60-40-24-28-49(5)64(60)66-63(59)27-8-3/h6-7,9-15,17-26,30-46,48-49,52,56,63H,1-2,4,16,28-29,47,65H2,3,5H3/b11-10+,17-13+,18-12+,30-15-,33-19-,37-25-,42-41+,50-26+,51-31+,53-32+,59-39-. The summed E-state index contributed by atoms with van der Waals surface area (Å²) >= 11 is 0. The molecule has 0 aromatic heterocycles. The summed E-state index contributed by atoms with van der Waals surface area (Å²) in [4.78, 5) is 0. The highest BCUT2D eigenvalue weighted by molar-refractivity contribution is 5.84. The molecule has 1 aliphatic heterocycles. The molecule has 330 valence electrons. The number of hydrogen-bond donors (Lipinski definition) is 1. The van der Waals surface area contributed by atoms with E-state index >= 15 is 0 Å². The van der Waals surface area contributed by atoms with Crippen LogP contribution in [0.1, 0.15) is 62.1 Å². The molecule has 3 aromatic rings. The summed E-state index contributed by atoms with van der Waals surface area (Å²) in [6.07, 6.45) is 56.3. The maximum absolute atomic E-state index is 6.72. The minimum Gasteiger partial charge on any atom is -0.476 e. The van der Waals surface area contributed by atoms with Crippen LogP contribution < -0.4 is 5.73 Å². The number of allylic oxidation sites excluding steroid dienone is 28. The van der Waals surface area contributed by atoms with Crippen LogP contribution in [0, 0.1) is 23.7 Å². The van der Waals surface area contributed by atoms with Gasteiger partial charge in [-0.2, -0.15) is 0 Å². The van der Waals surface area contributed by atoms with Gasteiger partial charge < -0.3 is 10.5 Å². The molecule has 0 spiro atoms. The van der Waals surface area contributed by atoms with Crippen molar-refractivity contribution in [1.29, 1.82) is 0 Å². The highest BCUT2D eigenvalue weighted by atomic mass is 16.5. The average Bonchev–Trinajstić information content (AvgIpc) is 3.96. The molecule has 2 heteroatoms. The zero-order valence-electron chi connectivity index (χ0n) is 38.6. The Kier molecular flexibility index (Phi) is 18.6. The fourth-order valence-electron chi connectivity index (χ4n) is 8.21. The first-order chi connectivity index (χ1) is 32.4. The second kappa shape index (κ2) is 25.6. The summed E-state index contributed by atoms with van der Waals surface area (Å²) < 4.78 is 6.33. The van der Waals surface area contributed by atoms with Gasteiger partial charge >= 0.3 is 0 Å². The highest BCUT2D eigenvalue weighted by Crippen LogP contribution is 2.40. The van der Waals surface area contributed by atoms with Crippen molar-refractivity contribution in [2.24, 2.45) is 11.8 Å². The van der Waals surface area contributed by atoms with Crippen LogP contribution in [0.2, 0.25) is 0 Å². The summed E-state index contributed by atoms with van der Waals surface area (Å²) in [5.74, 6) is 8.30. The fourth-order valence-corrected chi connectivity index (χ4v) is 8.21. The molecular formula is C64H63NO. The van der Waals surface area contributed by atoms with E-state index < -0.39 is 0 Å². The number of benzene rings is 3. The van der Waals surface area contributed by atoms with Crippen LogP contribution in [-0.4, -0.2) is 6.10 Å². The van der Waals surface area contributed by atoms with Crippen molar-refractivity contribution in [3.8, 4) is 23.0 Å². The Morgan fingerprint density at radius 2 is 1.62 bits per heavy atom. The molecule has 2 aliphatic carbocycles. The van der Waals surface area contributed by atoms with E-state index in [1.807, 2.05) is 49.4 Å². The quantitative estimate of drug-likeness (QED) is 0.0564. The van der Waals surface area contributed by atoms with Crippen molar-refractivity contribution in [3.63, 3.8) is 0 Å². The molecule has 4 atom stereocenters. The molecular weight excluding hydrogens is 799 g/mol. The van der Waals surface area contributed by atoms with Crippen molar-refractivity contribution in [2.45, 2.75) is 51.6 Å². The van der Waals surface area contributed by atoms with E-state index in [1.54, 1.807) is 6.08 Å². The van der Waals surface area contributed by atoms with E-state index in [9.17, 15) is 0 Å². The smallest absolute Gasteiger partial charge is 0.184 e. The largest absolute Gasteiger partial charge is 0.476 e. The first kappa shape index (κ1) is 47.9. The molecule has 0 saturated carbocycles. The second-order valence-corrected chi connectivity index (χ2v) is 16.4. The van der Waals surface area contributed by atoms with Gasteiger partial charge in [0.1, 0.15) is 5.76 Å². The molecule has 6 rings (SSSR count). The Morgan fingerprint density at radius 1 is 0.803 bits per heavy atom. The van der Waals surface area contributed by atoms with Gasteiger partial charge in [0.2, 0.25) is 0 Å². The lowest BCUT2D eigenvalue weighted by molar-refractivity contribution is 0.181. The third kappa shape index (κ3) is 13.7. The van der Waals surface area contributed by atoms with Crippen LogP contribution in [0.25, 0.3) is 22.8 Å². The van der Waals surface area contributed by atoms with Crippen molar-refractivity contribution >= 4 is 17.3 Å². The maximum Gasteiger partial charge on any atom is 0.184 e. The lowest BCUT2D eigenvalue weighted by atomic mass is 9.90. The summed E-state index contributed by atoms with van der Waals surface area (Å²) in [6, 6.07) is 25.4. The van der Waals surface area contributed by atoms with E-state index in [0.29, 0.717) is 11.8 Å². The number of hydrogen-bond acceptors (Lipinski definition) is 2. The number of nitrogen functional groups attached to an aromatic ring is 1. The van der Waals surface area contributed by atoms with E-state index in [-0.39, 0.29) is 12.0 Å². The summed E-state index contributed by atoms with van der Waals surface area (Å²) in [6.45, 7) is 15.6. The van der Waals surface area contributed by atoms with Gasteiger partial charge in [-0.15, -0.1) is 5.92 Å². The number of anilines is 1. The first-order valence-electron chi connectivity index (χ1n) is 23.0. The monoisotopic (exact) mass is 861 g/mol. The Bertz CT molecular complexity index is 2710. The Balaban J connectivity index is 1.14. The van der Waals surface area contributed by atoms with Crippen molar-refractivity contribution < 1.29 is 4.74 Å². The molecule has 4 unspecified atom stereocenters. The van der Waals surface area contributed by atoms with Gasteiger partial charge in [-0.25, -0.2) is 0 Å². The molecule has 3 aromatic carbocycles. The van der Waals surface area contributed by atoms with Crippen LogP contribution in [0.4, 0.5) is 5.69 Å². The van der Waals surface area contributed by atoms with Crippen LogP contribution >= 0.6 is 0 Å². The Hall–Kier alpha value is -7.60. The SMILES string of the molecule is C=C/C=C(\C=C)CC/C=C/C=C(\C=C/C=C/C=C(\C=C/C=C/C=C)/C=C/C1C=CC(c2ccc(N)c(-c3ccccc3/C=C\C=C3\C4=C(OC3C#CC)C(C)CC=C4)c2)C1)c1ccccc1. The minimum atomic E-state index is -0.248. The third-order valence-corrected chi connectivity index (χ3v) is 11.7. The van der Waals surface area contributed by atoms with Gasteiger partial charge in [-0.1, -0.05) is 245 Å². The molecule has 0 bridgehead atoms. The van der Waals surface area contributed by atoms with Gasteiger partial charge in [0.05, 0.1) is 0 Å². The van der Waals surface area contributed by atoms with E-state index in [4.69, 9.17) is 10.5 Å². The van der Waals surface area contributed by atoms with Crippen molar-refractivity contribution in [2.75, 3.05) is 5.73 Å². The van der Waals surface area contributed by atoms with Gasteiger partial charge in [0.25, 0.3) is 0 Å². The molecule has 3 aliphatic rings. The molecule has 2 nitrogen and oxygen atoms in total. The van der Waals surface area contributed by atoms with Gasteiger partial charge in [0, 0.05) is 34.2 Å². The summed E-state index contributed by atoms with van der Waals surface area (Å²) in [5, 5.41) is 0. The van der Waals surface area contributed by atoms with Crippen molar-refractivity contribution in [1.82, 2.24) is 0 Å². The molecule has 0 radical (unpaired) electrons. The minimum absolute atomic E-state index is 0.248. The van der Waals surface area contributed by atoms with Gasteiger partial charge in [0.15, 0.2) is 6.10 Å². The Labute approximate surface area is 395 Å². The van der Waals surface area contributed by atoms with Crippen LogP contribution in [0.5, 0.6) is 0 Å². The van der Waals surface area contributed by atoms with Crippen LogP contribution in [0.3, 0.4) is 0 Å². The lowest BCUT2D eigenvalue weighted by Gasteiger charge is -2.15. The summed E-state index contributed by atoms with van der Waals surface area (Å²) in [5.41, 5.74) is 18.9. The maximum atomic E-state index is 6.72. The topological polar surface area (TPSA) is 35.2 Å². The molecule has 0 fully saturated rings. The van der Waals surface area contributed by atoms with Crippen LogP contribution in [0.15, 0.2) is 266 Å². The number of rotatable bonds is 19. The van der Waals surface area contributed by atoms with E-state index in [0.717, 1.165) is 76.1 Å². The molecule has 1 heterocycles. The zero-order valence-corrected chi connectivity index (χ0v) is 38.6. The molecule has 0 amide bonds. The normalized spacial score (nSPS) is 20.8. The second-order valence-electron chi connectivity index (χ2n) is 16.4. The highest BCUT2D eigenvalue weighted by Gasteiger charge is 2.32. The lowest BCUT2D eigenvalue weighted by Crippen LogP contribution is -2.07. The predicted octanol–water partition coefficient (Wildman–Crippen LogP) is 16.4. The molecule has 66 heavy (non-hydrogen) atoms. The van der Waals surface area contributed by atoms with Crippen LogP contribution in [-0.2, 0) is 4.74 Å². The average molecular weight is 862 g/mol. The number of nitrogens with two attached hydrogens (primary N) is 1. The number of ether oxygens (including phenoxy) is 1. The van der Waals surface area contributed by atoms with E-state index in [2.05, 4.69) is 215 Å². The zero-order chi connectivity index (χ0) is 46.4. The molecule has 0 saturated heterocycles. The van der Waals surface area contributed by atoms with Gasteiger partial charge in [-0.3, -0.25) is 0 Å².